The summed E-state index contributed by atoms with van der Waals surface area (Å²) < 4.78 is 5.65. The van der Waals surface area contributed by atoms with Crippen molar-refractivity contribution in [3.63, 3.8) is 0 Å². The first-order valence-corrected chi connectivity index (χ1v) is 10.1. The summed E-state index contributed by atoms with van der Waals surface area (Å²) in [6.07, 6.45) is 0.654. The number of rotatable bonds is 8. The molecule has 0 aliphatic carbocycles. The van der Waals surface area contributed by atoms with Crippen LogP contribution in [0.2, 0.25) is 0 Å². The molecule has 2 aliphatic rings. The van der Waals surface area contributed by atoms with Crippen molar-refractivity contribution in [3.8, 4) is 11.8 Å². The Bertz CT molecular complexity index is 674. The third-order valence-corrected chi connectivity index (χ3v) is 5.37. The molecular weight excluding hydrogens is 356 g/mol. The summed E-state index contributed by atoms with van der Waals surface area (Å²) in [6, 6.07) is 8.99. The van der Waals surface area contributed by atoms with Crippen molar-refractivity contribution >= 4 is 5.91 Å². The number of likely N-dealkylation sites (N-methyl/N-ethyl adjacent to an activating group) is 1. The number of nitrogens with one attached hydrogen (secondary N) is 1. The fourth-order valence-electron chi connectivity index (χ4n) is 4.40. The van der Waals surface area contributed by atoms with E-state index in [0.717, 1.165) is 26.2 Å². The second-order valence-corrected chi connectivity index (χ2v) is 7.93. The van der Waals surface area contributed by atoms with Gasteiger partial charge in [0.2, 0.25) is 5.91 Å². The molecule has 2 aliphatic heterocycles. The lowest BCUT2D eigenvalue weighted by atomic mass is 9.84. The van der Waals surface area contributed by atoms with Crippen LogP contribution in [-0.2, 0) is 4.79 Å². The molecule has 2 bridgehead atoms. The van der Waals surface area contributed by atoms with Crippen LogP contribution in [0, 0.1) is 23.2 Å². The number of β-amino-alcohol motifs (C(OH)–C–C–N with tert-alkyl or cyclic N) is 1. The second kappa shape index (κ2) is 9.87. The molecule has 2 heterocycles. The highest BCUT2D eigenvalue weighted by Gasteiger charge is 2.35. The van der Waals surface area contributed by atoms with Gasteiger partial charge in [0, 0.05) is 39.3 Å². The predicted octanol–water partition coefficient (Wildman–Crippen LogP) is 0.688. The minimum Gasteiger partial charge on any atom is -0.491 e. The van der Waals surface area contributed by atoms with Crippen LogP contribution in [0.5, 0.6) is 5.75 Å². The highest BCUT2D eigenvalue weighted by atomic mass is 16.5. The zero-order chi connectivity index (χ0) is 19.9. The first kappa shape index (κ1) is 20.6. The lowest BCUT2D eigenvalue weighted by Crippen LogP contribution is -2.55. The number of ether oxygens (including phenoxy) is 1. The maximum atomic E-state index is 11.8. The van der Waals surface area contributed by atoms with Crippen LogP contribution in [0.15, 0.2) is 24.3 Å². The quantitative estimate of drug-likeness (QED) is 0.683. The van der Waals surface area contributed by atoms with Crippen molar-refractivity contribution in [2.75, 3.05) is 52.4 Å². The van der Waals surface area contributed by atoms with Gasteiger partial charge in [0.25, 0.3) is 0 Å². The van der Waals surface area contributed by atoms with Crippen molar-refractivity contribution in [2.45, 2.75) is 19.4 Å². The van der Waals surface area contributed by atoms with Gasteiger partial charge < -0.3 is 15.2 Å². The molecule has 28 heavy (non-hydrogen) atoms. The molecule has 0 saturated carbocycles. The normalized spacial score (nSPS) is 23.6. The van der Waals surface area contributed by atoms with Crippen molar-refractivity contribution in [3.05, 3.63) is 29.8 Å². The number of carbonyl (C=O) groups is 1. The van der Waals surface area contributed by atoms with Crippen molar-refractivity contribution in [1.29, 1.82) is 5.26 Å². The molecule has 7 nitrogen and oxygen atoms in total. The molecule has 0 spiro atoms. The Labute approximate surface area is 166 Å². The molecule has 2 saturated heterocycles. The molecule has 0 aromatic heterocycles. The number of likely N-dealkylation sites (tertiary alicyclic amines) is 2. The number of nitriles is 1. The van der Waals surface area contributed by atoms with Crippen LogP contribution >= 0.6 is 0 Å². The Hall–Kier alpha value is -2.14. The Morgan fingerprint density at radius 2 is 1.89 bits per heavy atom. The van der Waals surface area contributed by atoms with Crippen molar-refractivity contribution in [2.24, 2.45) is 11.8 Å². The molecule has 3 atom stereocenters. The third-order valence-electron chi connectivity index (χ3n) is 5.37. The minimum atomic E-state index is -0.555. The summed E-state index contributed by atoms with van der Waals surface area (Å²) in [5.74, 6) is 1.87. The summed E-state index contributed by atoms with van der Waals surface area (Å²) >= 11 is 0. The number of aliphatic hydroxyl groups is 1. The van der Waals surface area contributed by atoms with Gasteiger partial charge in [0.1, 0.15) is 18.5 Å². The summed E-state index contributed by atoms with van der Waals surface area (Å²) in [6.45, 7) is 7.74. The lowest BCUT2D eigenvalue weighted by molar-refractivity contribution is -0.123. The van der Waals surface area contributed by atoms with E-state index in [-0.39, 0.29) is 12.5 Å². The zero-order valence-electron chi connectivity index (χ0n) is 16.5. The summed E-state index contributed by atoms with van der Waals surface area (Å²) in [5.41, 5.74) is 0.592. The minimum absolute atomic E-state index is 0.106. The van der Waals surface area contributed by atoms with Gasteiger partial charge in [0.05, 0.1) is 18.2 Å². The average molecular weight is 386 g/mol. The fraction of sp³-hybridized carbons (Fsp3) is 0.619. The van der Waals surface area contributed by atoms with E-state index >= 15 is 0 Å². The lowest BCUT2D eigenvalue weighted by Gasteiger charge is -2.46. The van der Waals surface area contributed by atoms with E-state index in [1.54, 1.807) is 24.3 Å². The number of fused-ring (bicyclic) bond motifs is 2. The molecule has 2 N–H and O–H groups in total. The summed E-state index contributed by atoms with van der Waals surface area (Å²) in [4.78, 5) is 16.4. The van der Waals surface area contributed by atoms with Crippen LogP contribution < -0.4 is 10.1 Å². The van der Waals surface area contributed by atoms with Gasteiger partial charge in [-0.25, -0.2) is 0 Å². The monoisotopic (exact) mass is 386 g/mol. The number of hydrogen-bond donors (Lipinski definition) is 2. The van der Waals surface area contributed by atoms with Gasteiger partial charge in [-0.15, -0.1) is 0 Å². The molecule has 3 rings (SSSR count). The van der Waals surface area contributed by atoms with E-state index in [1.165, 1.54) is 6.42 Å². The SMILES string of the molecule is CCNC(=O)CN1CC2CC(C1)CN(CC(O)COc1ccc(C#N)cc1)C2. The molecule has 0 radical (unpaired) electrons. The van der Waals surface area contributed by atoms with E-state index in [2.05, 4.69) is 21.2 Å². The van der Waals surface area contributed by atoms with Crippen molar-refractivity contribution < 1.29 is 14.6 Å². The second-order valence-electron chi connectivity index (χ2n) is 7.93. The topological polar surface area (TPSA) is 88.8 Å². The standard InChI is InChI=1S/C21H30N4O3/c1-2-23-21(27)14-25-11-17-7-18(12-25)10-24(9-17)13-19(26)15-28-20-5-3-16(8-22)4-6-20/h3-6,17-19,26H,2,7,9-15H2,1H3,(H,23,27). The maximum Gasteiger partial charge on any atom is 0.234 e. The Morgan fingerprint density at radius 3 is 2.50 bits per heavy atom. The average Bonchev–Trinajstić information content (AvgIpc) is 2.66. The molecule has 1 aromatic carbocycles. The number of carbonyl (C=O) groups excluding carboxylic acids is 1. The van der Waals surface area contributed by atoms with Crippen LogP contribution in [-0.4, -0.2) is 79.3 Å². The Balaban J connectivity index is 1.41. The van der Waals surface area contributed by atoms with Gasteiger partial charge in [0.15, 0.2) is 0 Å². The molecule has 1 aromatic rings. The molecule has 1 amide bonds. The number of nitrogens with zero attached hydrogens (tertiary/aromatic N) is 3. The maximum absolute atomic E-state index is 11.8. The van der Waals surface area contributed by atoms with Gasteiger partial charge in [-0.05, 0) is 49.4 Å². The van der Waals surface area contributed by atoms with E-state index in [4.69, 9.17) is 10.00 Å². The van der Waals surface area contributed by atoms with E-state index in [1.807, 2.05) is 6.92 Å². The van der Waals surface area contributed by atoms with Gasteiger partial charge in [-0.3, -0.25) is 14.6 Å². The first-order valence-electron chi connectivity index (χ1n) is 10.1. The number of piperidine rings is 2. The molecule has 152 valence electrons. The molecule has 7 heteroatoms. The van der Waals surface area contributed by atoms with Gasteiger partial charge >= 0.3 is 0 Å². The van der Waals surface area contributed by atoms with E-state index in [9.17, 15) is 9.90 Å². The highest BCUT2D eigenvalue weighted by molar-refractivity contribution is 5.77. The summed E-state index contributed by atoms with van der Waals surface area (Å²) in [7, 11) is 0. The number of amides is 1. The largest absolute Gasteiger partial charge is 0.491 e. The van der Waals surface area contributed by atoms with Crippen molar-refractivity contribution in [1.82, 2.24) is 15.1 Å². The first-order chi connectivity index (χ1) is 13.6. The highest BCUT2D eigenvalue weighted by Crippen LogP contribution is 2.28. The molecular formula is C21H30N4O3. The summed E-state index contributed by atoms with van der Waals surface area (Å²) in [5, 5.41) is 22.1. The number of aliphatic hydroxyl groups excluding tert-OH is 1. The van der Waals surface area contributed by atoms with Crippen LogP contribution in [0.4, 0.5) is 0 Å². The molecule has 2 fully saturated rings. The van der Waals surface area contributed by atoms with Gasteiger partial charge in [-0.1, -0.05) is 0 Å². The third kappa shape index (κ3) is 5.93. The van der Waals surface area contributed by atoms with Crippen LogP contribution in [0.1, 0.15) is 18.9 Å². The number of hydrogen-bond acceptors (Lipinski definition) is 6. The smallest absolute Gasteiger partial charge is 0.234 e. The predicted molar refractivity (Wildman–Crippen MR) is 106 cm³/mol. The van der Waals surface area contributed by atoms with Crippen LogP contribution in [0.25, 0.3) is 0 Å². The number of benzene rings is 1. The van der Waals surface area contributed by atoms with E-state index < -0.39 is 6.10 Å². The Morgan fingerprint density at radius 1 is 1.25 bits per heavy atom. The molecule has 3 unspecified atom stereocenters. The van der Waals surface area contributed by atoms with Gasteiger partial charge in [-0.2, -0.15) is 5.26 Å². The fourth-order valence-corrected chi connectivity index (χ4v) is 4.40. The van der Waals surface area contributed by atoms with E-state index in [0.29, 0.717) is 42.8 Å². The van der Waals surface area contributed by atoms with Crippen LogP contribution in [0.3, 0.4) is 0 Å². The zero-order valence-corrected chi connectivity index (χ0v) is 16.5. The Kier molecular flexibility index (Phi) is 7.26.